The van der Waals surface area contributed by atoms with Crippen molar-refractivity contribution in [2.45, 2.75) is 19.9 Å². The van der Waals surface area contributed by atoms with Crippen LogP contribution < -0.4 is 5.32 Å². The van der Waals surface area contributed by atoms with E-state index in [1.54, 1.807) is 23.0 Å². The maximum absolute atomic E-state index is 12.3. The zero-order valence-electron chi connectivity index (χ0n) is 12.1. The van der Waals surface area contributed by atoms with E-state index in [0.717, 1.165) is 0 Å². The summed E-state index contributed by atoms with van der Waals surface area (Å²) in [5.41, 5.74) is 0.929. The summed E-state index contributed by atoms with van der Waals surface area (Å²) < 4.78 is 7.96. The molecule has 1 amide bonds. The van der Waals surface area contributed by atoms with Gasteiger partial charge in [0, 0.05) is 12.2 Å². The van der Waals surface area contributed by atoms with Gasteiger partial charge in [-0.15, -0.1) is 16.4 Å². The number of halogens is 2. The number of anilines is 1. The molecule has 3 aromatic heterocycles. The number of nitrogens with zero attached hydrogens (tertiary/aromatic N) is 4. The van der Waals surface area contributed by atoms with Crippen molar-refractivity contribution < 1.29 is 9.21 Å². The summed E-state index contributed by atoms with van der Waals surface area (Å²) in [6, 6.07) is 3.26. The molecule has 1 N–H and O–H groups in total. The fourth-order valence-corrected chi connectivity index (χ4v) is 3.38. The van der Waals surface area contributed by atoms with Crippen molar-refractivity contribution >= 4 is 46.5 Å². The molecule has 10 heteroatoms. The third kappa shape index (κ3) is 3.24. The van der Waals surface area contributed by atoms with Crippen LogP contribution in [0.4, 0.5) is 6.01 Å². The largest absolute Gasteiger partial charge is 0.403 e. The van der Waals surface area contributed by atoms with Gasteiger partial charge < -0.3 is 4.42 Å². The molecular weight excluding hydrogens is 361 g/mol. The fraction of sp³-hybridized carbons (Fsp3) is 0.231. The lowest BCUT2D eigenvalue weighted by Gasteiger charge is -2.09. The van der Waals surface area contributed by atoms with Crippen LogP contribution in [0.5, 0.6) is 0 Å². The molecule has 3 heterocycles. The minimum Gasteiger partial charge on any atom is -0.403 e. The van der Waals surface area contributed by atoms with Crippen LogP contribution in [-0.4, -0.2) is 25.9 Å². The lowest BCUT2D eigenvalue weighted by Crippen LogP contribution is -2.19. The van der Waals surface area contributed by atoms with Crippen molar-refractivity contribution in [2.75, 3.05) is 5.32 Å². The van der Waals surface area contributed by atoms with Gasteiger partial charge in [0.15, 0.2) is 0 Å². The molecule has 7 nitrogen and oxygen atoms in total. The van der Waals surface area contributed by atoms with Crippen molar-refractivity contribution in [1.29, 1.82) is 0 Å². The first-order chi connectivity index (χ1) is 11.0. The molecule has 0 fully saturated rings. The molecule has 0 aliphatic rings. The van der Waals surface area contributed by atoms with Crippen molar-refractivity contribution in [3.8, 4) is 11.5 Å². The number of rotatable bonds is 4. The number of thiophene rings is 1. The predicted octanol–water partition coefficient (Wildman–Crippen LogP) is 4.13. The zero-order valence-corrected chi connectivity index (χ0v) is 14.4. The van der Waals surface area contributed by atoms with Gasteiger partial charge in [-0.2, -0.15) is 5.10 Å². The van der Waals surface area contributed by atoms with E-state index >= 15 is 0 Å². The quantitative estimate of drug-likeness (QED) is 0.744. The predicted molar refractivity (Wildman–Crippen MR) is 88.2 cm³/mol. The second-order valence-electron chi connectivity index (χ2n) is 4.86. The van der Waals surface area contributed by atoms with E-state index in [1.165, 1.54) is 11.3 Å². The average molecular weight is 372 g/mol. The molecule has 3 aromatic rings. The van der Waals surface area contributed by atoms with Crippen LogP contribution in [-0.2, 0) is 0 Å². The van der Waals surface area contributed by atoms with E-state index in [0.29, 0.717) is 19.9 Å². The maximum atomic E-state index is 12.3. The standard InChI is InChI=1S/C13H11Cl2N5O2S/c1-6(2)20-8(3-4-16-20)11(21)17-13-19-18-12(22-13)7-5-9(14)23-10(7)15/h3-6H,1-2H3,(H,17,19,21). The highest BCUT2D eigenvalue weighted by Crippen LogP contribution is 2.37. The van der Waals surface area contributed by atoms with Gasteiger partial charge in [-0.05, 0) is 26.0 Å². The number of hydrogen-bond acceptors (Lipinski definition) is 6. The van der Waals surface area contributed by atoms with E-state index in [1.807, 2.05) is 13.8 Å². The van der Waals surface area contributed by atoms with Crippen LogP contribution in [0.15, 0.2) is 22.7 Å². The second kappa shape index (κ2) is 6.31. The van der Waals surface area contributed by atoms with Gasteiger partial charge in [0.25, 0.3) is 11.8 Å². The Morgan fingerprint density at radius 2 is 2.17 bits per heavy atom. The normalized spacial score (nSPS) is 11.2. The van der Waals surface area contributed by atoms with Crippen LogP contribution in [0, 0.1) is 0 Å². The van der Waals surface area contributed by atoms with E-state index < -0.39 is 0 Å². The molecule has 0 bridgehead atoms. The number of nitrogens with one attached hydrogen (secondary N) is 1. The summed E-state index contributed by atoms with van der Waals surface area (Å²) in [6.07, 6.45) is 1.56. The van der Waals surface area contributed by atoms with Crippen LogP contribution in [0.25, 0.3) is 11.5 Å². The van der Waals surface area contributed by atoms with Crippen molar-refractivity contribution in [3.63, 3.8) is 0 Å². The molecule has 0 aliphatic carbocycles. The van der Waals surface area contributed by atoms with Gasteiger partial charge in [0.2, 0.25) is 0 Å². The zero-order chi connectivity index (χ0) is 16.6. The first-order valence-electron chi connectivity index (χ1n) is 6.59. The summed E-state index contributed by atoms with van der Waals surface area (Å²) in [5, 5.41) is 14.3. The Balaban J connectivity index is 1.80. The molecule has 0 aliphatic heterocycles. The molecule has 0 unspecified atom stereocenters. The number of amides is 1. The van der Waals surface area contributed by atoms with E-state index in [4.69, 9.17) is 27.6 Å². The summed E-state index contributed by atoms with van der Waals surface area (Å²) in [4.78, 5) is 12.3. The van der Waals surface area contributed by atoms with Crippen molar-refractivity contribution in [3.05, 3.63) is 32.7 Å². The summed E-state index contributed by atoms with van der Waals surface area (Å²) >= 11 is 13.1. The SMILES string of the molecule is CC(C)n1nccc1C(=O)Nc1nnc(-c2cc(Cl)sc2Cl)o1. The van der Waals surface area contributed by atoms with Gasteiger partial charge in [-0.1, -0.05) is 28.3 Å². The van der Waals surface area contributed by atoms with Crippen molar-refractivity contribution in [2.24, 2.45) is 0 Å². The van der Waals surface area contributed by atoms with Gasteiger partial charge in [-0.3, -0.25) is 14.8 Å². The van der Waals surface area contributed by atoms with Gasteiger partial charge >= 0.3 is 6.01 Å². The smallest absolute Gasteiger partial charge is 0.322 e. The minimum absolute atomic E-state index is 0.0279. The Morgan fingerprint density at radius 3 is 2.83 bits per heavy atom. The Labute approximate surface area is 145 Å². The summed E-state index contributed by atoms with van der Waals surface area (Å²) in [7, 11) is 0. The average Bonchev–Trinajstić information content (AvgIpc) is 3.18. The number of carbonyl (C=O) groups excluding carboxylic acids is 1. The van der Waals surface area contributed by atoms with Crippen molar-refractivity contribution in [1.82, 2.24) is 20.0 Å². The molecule has 0 atom stereocenters. The van der Waals surface area contributed by atoms with E-state index in [2.05, 4.69) is 20.6 Å². The molecule has 0 saturated carbocycles. The van der Waals surface area contributed by atoms with Crippen LogP contribution in [0.2, 0.25) is 8.67 Å². The summed E-state index contributed by atoms with van der Waals surface area (Å²) in [5.74, 6) is -0.202. The minimum atomic E-state index is -0.388. The Kier molecular flexibility index (Phi) is 4.38. The Morgan fingerprint density at radius 1 is 1.39 bits per heavy atom. The third-order valence-electron chi connectivity index (χ3n) is 2.92. The molecule has 3 rings (SSSR count). The lowest BCUT2D eigenvalue weighted by molar-refractivity contribution is 0.101. The molecule has 0 aromatic carbocycles. The monoisotopic (exact) mass is 371 g/mol. The van der Waals surface area contributed by atoms with Gasteiger partial charge in [0.1, 0.15) is 10.0 Å². The fourth-order valence-electron chi connectivity index (χ4n) is 1.94. The van der Waals surface area contributed by atoms with Crippen LogP contribution >= 0.6 is 34.5 Å². The van der Waals surface area contributed by atoms with E-state index in [-0.39, 0.29) is 23.9 Å². The first-order valence-corrected chi connectivity index (χ1v) is 8.16. The number of carbonyl (C=O) groups is 1. The topological polar surface area (TPSA) is 85.8 Å². The molecule has 120 valence electrons. The molecule has 0 saturated heterocycles. The summed E-state index contributed by atoms with van der Waals surface area (Å²) in [6.45, 7) is 3.85. The molecule has 23 heavy (non-hydrogen) atoms. The Bertz CT molecular complexity index is 854. The van der Waals surface area contributed by atoms with Crippen LogP contribution in [0.3, 0.4) is 0 Å². The van der Waals surface area contributed by atoms with Crippen LogP contribution in [0.1, 0.15) is 30.4 Å². The number of hydrogen-bond donors (Lipinski definition) is 1. The third-order valence-corrected chi connectivity index (χ3v) is 4.41. The first kappa shape index (κ1) is 16.0. The lowest BCUT2D eigenvalue weighted by atomic mass is 10.3. The van der Waals surface area contributed by atoms with Gasteiger partial charge in [0.05, 0.1) is 9.90 Å². The second-order valence-corrected chi connectivity index (χ2v) is 7.14. The molecule has 0 radical (unpaired) electrons. The van der Waals surface area contributed by atoms with E-state index in [9.17, 15) is 4.79 Å². The highest BCUT2D eigenvalue weighted by Gasteiger charge is 2.19. The van der Waals surface area contributed by atoms with Gasteiger partial charge in [-0.25, -0.2) is 0 Å². The Hall–Kier alpha value is -1.90. The molecular formula is C13H11Cl2N5O2S. The highest BCUT2D eigenvalue weighted by atomic mass is 35.5. The number of aromatic nitrogens is 4. The highest BCUT2D eigenvalue weighted by molar-refractivity contribution is 7.20. The maximum Gasteiger partial charge on any atom is 0.322 e. The molecule has 0 spiro atoms.